The molecule has 0 N–H and O–H groups in total. The molecule has 0 spiro atoms. The summed E-state index contributed by atoms with van der Waals surface area (Å²) < 4.78 is 23.9. The average molecular weight is 289 g/mol. The topological polar surface area (TPSA) is 47.5 Å². The summed E-state index contributed by atoms with van der Waals surface area (Å²) in [5.74, 6) is 0.900. The molecule has 0 unspecified atom stereocenters. The summed E-state index contributed by atoms with van der Waals surface area (Å²) in [4.78, 5) is 10.6. The molecule has 3 rings (SSSR count). The highest BCUT2D eigenvalue weighted by molar-refractivity contribution is 5.34. The fourth-order valence-corrected chi connectivity index (χ4v) is 2.31. The second kappa shape index (κ2) is 6.05. The van der Waals surface area contributed by atoms with Gasteiger partial charge >= 0.3 is 0 Å². The van der Waals surface area contributed by atoms with Crippen molar-refractivity contribution in [1.29, 1.82) is 0 Å². The van der Waals surface area contributed by atoms with Crippen molar-refractivity contribution in [3.05, 3.63) is 47.9 Å². The van der Waals surface area contributed by atoms with Crippen LogP contribution in [0.25, 0.3) is 0 Å². The van der Waals surface area contributed by atoms with Crippen LogP contribution in [0, 0.1) is 5.82 Å². The molecule has 0 amide bonds. The van der Waals surface area contributed by atoms with Crippen molar-refractivity contribution in [1.82, 2.24) is 9.97 Å². The fraction of sp³-hybridized carbons (Fsp3) is 0.333. The number of halogens is 1. The van der Waals surface area contributed by atoms with E-state index in [1.54, 1.807) is 31.5 Å². The molecular weight excluding hydrogens is 273 g/mol. The van der Waals surface area contributed by atoms with Crippen molar-refractivity contribution < 1.29 is 13.9 Å². The molecule has 1 aliphatic rings. The Hall–Kier alpha value is -2.21. The van der Waals surface area contributed by atoms with Crippen LogP contribution in [0.1, 0.15) is 11.7 Å². The zero-order valence-corrected chi connectivity index (χ0v) is 11.7. The predicted octanol–water partition coefficient (Wildman–Crippen LogP) is 2.20. The Bertz CT molecular complexity index is 606. The van der Waals surface area contributed by atoms with Gasteiger partial charge in [0.1, 0.15) is 11.9 Å². The Kier molecular flexibility index (Phi) is 3.96. The van der Waals surface area contributed by atoms with Gasteiger partial charge in [-0.3, -0.25) is 0 Å². The Morgan fingerprint density at radius 1 is 1.29 bits per heavy atom. The van der Waals surface area contributed by atoms with Crippen LogP contribution < -0.4 is 9.64 Å². The lowest BCUT2D eigenvalue weighted by Gasteiger charge is -2.33. The Morgan fingerprint density at radius 3 is 2.86 bits per heavy atom. The molecule has 2 heterocycles. The molecule has 0 radical (unpaired) electrons. The van der Waals surface area contributed by atoms with Gasteiger partial charge in [-0.15, -0.1) is 0 Å². The first-order chi connectivity index (χ1) is 10.3. The van der Waals surface area contributed by atoms with E-state index in [2.05, 4.69) is 9.97 Å². The molecule has 1 fully saturated rings. The van der Waals surface area contributed by atoms with Gasteiger partial charge in [0.2, 0.25) is 11.8 Å². The second-order valence-electron chi connectivity index (χ2n) is 4.76. The molecule has 110 valence electrons. The minimum Gasteiger partial charge on any atom is -0.481 e. The van der Waals surface area contributed by atoms with E-state index in [0.29, 0.717) is 31.5 Å². The second-order valence-corrected chi connectivity index (χ2v) is 4.76. The number of hydrogen-bond acceptors (Lipinski definition) is 5. The average Bonchev–Trinajstić information content (AvgIpc) is 2.56. The lowest BCUT2D eigenvalue weighted by molar-refractivity contribution is 0.0391. The molecule has 0 bridgehead atoms. The summed E-state index contributed by atoms with van der Waals surface area (Å²) in [5.41, 5.74) is 0.948. The Labute approximate surface area is 122 Å². The van der Waals surface area contributed by atoms with Crippen LogP contribution in [0.4, 0.5) is 10.3 Å². The van der Waals surface area contributed by atoms with Gasteiger partial charge in [-0.2, -0.15) is 4.98 Å². The van der Waals surface area contributed by atoms with Crippen molar-refractivity contribution in [2.75, 3.05) is 31.7 Å². The standard InChI is InChI=1S/C15H16FN3O2/c1-20-14-6-7-17-15(18-14)19-8-9-21-13(10-19)11-2-4-12(16)5-3-11/h2-7,13H,8-10H2,1H3/t13-/m0/s1. The van der Waals surface area contributed by atoms with Gasteiger partial charge in [0.25, 0.3) is 0 Å². The molecule has 0 aliphatic carbocycles. The molecule has 0 saturated carbocycles. The molecular formula is C15H16FN3O2. The SMILES string of the molecule is COc1ccnc(N2CCO[C@H](c3ccc(F)cc3)C2)n1. The Morgan fingerprint density at radius 2 is 2.10 bits per heavy atom. The number of anilines is 1. The summed E-state index contributed by atoms with van der Waals surface area (Å²) in [6.45, 7) is 1.91. The maximum absolute atomic E-state index is 13.0. The van der Waals surface area contributed by atoms with Gasteiger partial charge in [-0.1, -0.05) is 12.1 Å². The first-order valence-electron chi connectivity index (χ1n) is 6.75. The van der Waals surface area contributed by atoms with E-state index in [1.165, 1.54) is 12.1 Å². The molecule has 1 aliphatic heterocycles. The molecule has 2 aromatic rings. The molecule has 1 aromatic heterocycles. The zero-order chi connectivity index (χ0) is 14.7. The highest BCUT2D eigenvalue weighted by atomic mass is 19.1. The minimum absolute atomic E-state index is 0.117. The van der Waals surface area contributed by atoms with Crippen LogP contribution in [0.2, 0.25) is 0 Å². The normalized spacial score (nSPS) is 18.6. The van der Waals surface area contributed by atoms with Crippen molar-refractivity contribution in [2.45, 2.75) is 6.10 Å². The first-order valence-corrected chi connectivity index (χ1v) is 6.75. The van der Waals surface area contributed by atoms with Gasteiger partial charge in [0.15, 0.2) is 0 Å². The van der Waals surface area contributed by atoms with Crippen LogP contribution in [0.15, 0.2) is 36.5 Å². The van der Waals surface area contributed by atoms with Crippen LogP contribution in [0.3, 0.4) is 0 Å². The fourth-order valence-electron chi connectivity index (χ4n) is 2.31. The van der Waals surface area contributed by atoms with E-state index < -0.39 is 0 Å². The van der Waals surface area contributed by atoms with E-state index in [9.17, 15) is 4.39 Å². The third-order valence-corrected chi connectivity index (χ3v) is 3.42. The first kappa shape index (κ1) is 13.8. The summed E-state index contributed by atoms with van der Waals surface area (Å²) in [6.07, 6.45) is 1.55. The van der Waals surface area contributed by atoms with E-state index in [4.69, 9.17) is 9.47 Å². The van der Waals surface area contributed by atoms with Crippen molar-refractivity contribution in [2.24, 2.45) is 0 Å². The summed E-state index contributed by atoms with van der Waals surface area (Å²) in [6, 6.07) is 8.09. The Balaban J connectivity index is 1.77. The summed E-state index contributed by atoms with van der Waals surface area (Å²) in [7, 11) is 1.58. The van der Waals surface area contributed by atoms with Crippen molar-refractivity contribution in [3.8, 4) is 5.88 Å². The largest absolute Gasteiger partial charge is 0.481 e. The van der Waals surface area contributed by atoms with E-state index in [1.807, 2.05) is 4.90 Å². The number of methoxy groups -OCH3 is 1. The van der Waals surface area contributed by atoms with Crippen molar-refractivity contribution >= 4 is 5.95 Å². The van der Waals surface area contributed by atoms with Gasteiger partial charge in [-0.25, -0.2) is 9.37 Å². The number of nitrogens with zero attached hydrogens (tertiary/aromatic N) is 3. The number of morpholine rings is 1. The number of rotatable bonds is 3. The van der Waals surface area contributed by atoms with E-state index >= 15 is 0 Å². The van der Waals surface area contributed by atoms with Gasteiger partial charge in [-0.05, 0) is 17.7 Å². The van der Waals surface area contributed by atoms with Crippen molar-refractivity contribution in [3.63, 3.8) is 0 Å². The third-order valence-electron chi connectivity index (χ3n) is 3.42. The van der Waals surface area contributed by atoms with E-state index in [-0.39, 0.29) is 11.9 Å². The summed E-state index contributed by atoms with van der Waals surface area (Å²) in [5, 5.41) is 0. The molecule has 21 heavy (non-hydrogen) atoms. The number of benzene rings is 1. The molecule has 1 atom stereocenters. The van der Waals surface area contributed by atoms with Gasteiger partial charge in [0.05, 0.1) is 20.3 Å². The predicted molar refractivity (Wildman–Crippen MR) is 75.9 cm³/mol. The smallest absolute Gasteiger partial charge is 0.228 e. The molecule has 1 aromatic carbocycles. The van der Waals surface area contributed by atoms with Crippen LogP contribution in [-0.2, 0) is 4.74 Å². The highest BCUT2D eigenvalue weighted by Crippen LogP contribution is 2.25. The number of ether oxygens (including phenoxy) is 2. The third kappa shape index (κ3) is 3.11. The van der Waals surface area contributed by atoms with Gasteiger partial charge < -0.3 is 14.4 Å². The van der Waals surface area contributed by atoms with Crippen LogP contribution >= 0.6 is 0 Å². The maximum atomic E-state index is 13.0. The molecule has 1 saturated heterocycles. The highest BCUT2D eigenvalue weighted by Gasteiger charge is 2.24. The summed E-state index contributed by atoms with van der Waals surface area (Å²) >= 11 is 0. The minimum atomic E-state index is -0.248. The van der Waals surface area contributed by atoms with E-state index in [0.717, 1.165) is 5.56 Å². The zero-order valence-electron chi connectivity index (χ0n) is 11.7. The van der Waals surface area contributed by atoms with Gasteiger partial charge in [0, 0.05) is 18.8 Å². The quantitative estimate of drug-likeness (QED) is 0.867. The van der Waals surface area contributed by atoms with Crippen LogP contribution in [-0.4, -0.2) is 36.8 Å². The lowest BCUT2D eigenvalue weighted by Crippen LogP contribution is -2.39. The lowest BCUT2D eigenvalue weighted by atomic mass is 10.1. The van der Waals surface area contributed by atoms with Crippen LogP contribution in [0.5, 0.6) is 5.88 Å². The number of aromatic nitrogens is 2. The number of hydrogen-bond donors (Lipinski definition) is 0. The molecule has 5 nitrogen and oxygen atoms in total. The maximum Gasteiger partial charge on any atom is 0.228 e. The monoisotopic (exact) mass is 289 g/mol. The molecule has 6 heteroatoms.